The van der Waals surface area contributed by atoms with Crippen LogP contribution in [-0.4, -0.2) is 26.3 Å². The van der Waals surface area contributed by atoms with Gasteiger partial charge in [0.05, 0.1) is 11.6 Å². The van der Waals surface area contributed by atoms with Crippen LogP contribution in [0.3, 0.4) is 0 Å². The lowest BCUT2D eigenvalue weighted by atomic mass is 9.86. The van der Waals surface area contributed by atoms with Gasteiger partial charge in [-0.05, 0) is 23.0 Å². The molecule has 0 saturated carbocycles. The summed E-state index contributed by atoms with van der Waals surface area (Å²) in [6, 6.07) is 8.76. The summed E-state index contributed by atoms with van der Waals surface area (Å²) in [6.07, 6.45) is 2.59. The summed E-state index contributed by atoms with van der Waals surface area (Å²) < 4.78 is 1.70. The average Bonchev–Trinajstić information content (AvgIpc) is 2.89. The highest BCUT2D eigenvalue weighted by molar-refractivity contribution is 5.86. The number of aryl methyl sites for hydroxylation is 1. The Morgan fingerprint density at radius 2 is 1.83 bits per heavy atom. The van der Waals surface area contributed by atoms with E-state index in [0.29, 0.717) is 11.8 Å². The zero-order chi connectivity index (χ0) is 17.3. The molecular weight excluding hydrogens is 300 g/mol. The number of aromatic nitrogens is 4. The molecule has 24 heavy (non-hydrogen) atoms. The lowest BCUT2D eigenvalue weighted by Crippen LogP contribution is -2.12. The summed E-state index contributed by atoms with van der Waals surface area (Å²) in [5.74, 6) is 0.986. The molecule has 6 nitrogen and oxygen atoms in total. The van der Waals surface area contributed by atoms with Crippen LogP contribution in [0.5, 0.6) is 0 Å². The molecule has 6 heteroatoms. The van der Waals surface area contributed by atoms with Crippen molar-refractivity contribution < 1.29 is 0 Å². The van der Waals surface area contributed by atoms with Crippen molar-refractivity contribution in [3.05, 3.63) is 41.6 Å². The number of benzene rings is 1. The van der Waals surface area contributed by atoms with Crippen LogP contribution >= 0.6 is 0 Å². The van der Waals surface area contributed by atoms with Crippen molar-refractivity contribution in [3.63, 3.8) is 0 Å². The van der Waals surface area contributed by atoms with Crippen molar-refractivity contribution in [2.45, 2.75) is 32.6 Å². The first kappa shape index (κ1) is 16.2. The van der Waals surface area contributed by atoms with E-state index in [0.717, 1.165) is 24.0 Å². The molecule has 0 unspecified atom stereocenters. The summed E-state index contributed by atoms with van der Waals surface area (Å²) in [6.45, 7) is 7.41. The number of fused-ring (bicyclic) bond motifs is 1. The molecule has 0 radical (unpaired) electrons. The highest BCUT2D eigenvalue weighted by Gasteiger charge is 2.13. The Bertz CT molecular complexity index is 842. The van der Waals surface area contributed by atoms with Crippen molar-refractivity contribution in [2.75, 3.05) is 17.6 Å². The van der Waals surface area contributed by atoms with Gasteiger partial charge in [-0.2, -0.15) is 15.1 Å². The maximum Gasteiger partial charge on any atom is 0.226 e. The molecule has 0 atom stereocenters. The summed E-state index contributed by atoms with van der Waals surface area (Å²) in [5, 5.41) is 8.18. The smallest absolute Gasteiger partial charge is 0.226 e. The van der Waals surface area contributed by atoms with Gasteiger partial charge in [-0.25, -0.2) is 0 Å². The number of nitrogens with zero attached hydrogens (tertiary/aromatic N) is 4. The van der Waals surface area contributed by atoms with Crippen molar-refractivity contribution in [2.24, 2.45) is 7.05 Å². The fraction of sp³-hybridized carbons (Fsp3) is 0.389. The quantitative estimate of drug-likeness (QED) is 0.771. The van der Waals surface area contributed by atoms with Crippen LogP contribution < -0.4 is 11.1 Å². The maximum absolute atomic E-state index is 5.97. The van der Waals surface area contributed by atoms with Crippen LogP contribution in [0.2, 0.25) is 0 Å². The second kappa shape index (κ2) is 6.11. The van der Waals surface area contributed by atoms with Crippen LogP contribution in [0.25, 0.3) is 11.0 Å². The predicted octanol–water partition coefficient (Wildman–Crippen LogP) is 2.90. The van der Waals surface area contributed by atoms with Crippen LogP contribution in [-0.2, 0) is 18.9 Å². The van der Waals surface area contributed by atoms with Gasteiger partial charge in [0.15, 0.2) is 5.65 Å². The number of nitrogens with one attached hydrogen (secondary N) is 1. The van der Waals surface area contributed by atoms with Crippen LogP contribution in [0, 0.1) is 0 Å². The van der Waals surface area contributed by atoms with Crippen LogP contribution in [0.15, 0.2) is 30.5 Å². The molecule has 0 aliphatic carbocycles. The molecule has 0 aliphatic heterocycles. The lowest BCUT2D eigenvalue weighted by molar-refractivity contribution is 0.590. The maximum atomic E-state index is 5.97. The Morgan fingerprint density at radius 1 is 1.12 bits per heavy atom. The van der Waals surface area contributed by atoms with Crippen molar-refractivity contribution >= 4 is 22.8 Å². The standard InChI is InChI=1S/C18H24N6/c1-18(2,3)13-7-5-12(6-8-13)9-10-20-17-22-15(19)14-11-21-24(4)16(14)23-17/h5-8,11H,9-10H2,1-4H3,(H3,19,20,22,23). The van der Waals surface area contributed by atoms with E-state index in [1.807, 2.05) is 7.05 Å². The average molecular weight is 324 g/mol. The summed E-state index contributed by atoms with van der Waals surface area (Å²) in [5.41, 5.74) is 9.51. The molecule has 0 aliphatic rings. The van der Waals surface area contributed by atoms with E-state index in [1.54, 1.807) is 10.9 Å². The largest absolute Gasteiger partial charge is 0.383 e. The first-order valence-corrected chi connectivity index (χ1v) is 8.13. The molecule has 3 aromatic rings. The van der Waals surface area contributed by atoms with Crippen LogP contribution in [0.4, 0.5) is 11.8 Å². The minimum atomic E-state index is 0.181. The van der Waals surface area contributed by atoms with Gasteiger partial charge in [-0.1, -0.05) is 45.0 Å². The zero-order valence-electron chi connectivity index (χ0n) is 14.7. The normalized spacial score (nSPS) is 11.8. The number of nitrogens with two attached hydrogens (primary N) is 1. The van der Waals surface area contributed by atoms with Gasteiger partial charge in [-0.3, -0.25) is 4.68 Å². The second-order valence-electron chi connectivity index (χ2n) is 7.06. The molecule has 0 fully saturated rings. The molecule has 0 amide bonds. The minimum Gasteiger partial charge on any atom is -0.383 e. The van der Waals surface area contributed by atoms with Gasteiger partial charge < -0.3 is 11.1 Å². The fourth-order valence-electron chi connectivity index (χ4n) is 2.61. The Hall–Kier alpha value is -2.63. The third-order valence-corrected chi connectivity index (χ3v) is 4.14. The lowest BCUT2D eigenvalue weighted by Gasteiger charge is -2.19. The van der Waals surface area contributed by atoms with E-state index < -0.39 is 0 Å². The number of hydrogen-bond donors (Lipinski definition) is 2. The third kappa shape index (κ3) is 3.32. The van der Waals surface area contributed by atoms with Crippen LogP contribution in [0.1, 0.15) is 31.9 Å². The second-order valence-corrected chi connectivity index (χ2v) is 7.06. The number of hydrogen-bond acceptors (Lipinski definition) is 5. The molecule has 0 saturated heterocycles. The van der Waals surface area contributed by atoms with Crippen molar-refractivity contribution in [1.82, 2.24) is 19.7 Å². The van der Waals surface area contributed by atoms with Gasteiger partial charge in [0.25, 0.3) is 0 Å². The summed E-state index contributed by atoms with van der Waals surface area (Å²) in [7, 11) is 1.84. The molecule has 1 aromatic carbocycles. The molecule has 3 rings (SSSR count). The molecule has 2 aromatic heterocycles. The van der Waals surface area contributed by atoms with Gasteiger partial charge >= 0.3 is 0 Å². The molecule has 126 valence electrons. The van der Waals surface area contributed by atoms with Crippen molar-refractivity contribution in [3.8, 4) is 0 Å². The molecule has 0 spiro atoms. The Balaban J connectivity index is 1.65. The van der Waals surface area contributed by atoms with E-state index >= 15 is 0 Å². The van der Waals surface area contributed by atoms with Gasteiger partial charge in [0, 0.05) is 13.6 Å². The fourth-order valence-corrected chi connectivity index (χ4v) is 2.61. The Kier molecular flexibility index (Phi) is 4.13. The van der Waals surface area contributed by atoms with E-state index in [4.69, 9.17) is 5.73 Å². The van der Waals surface area contributed by atoms with Gasteiger partial charge in [-0.15, -0.1) is 0 Å². The topological polar surface area (TPSA) is 81.7 Å². The Morgan fingerprint density at radius 3 is 2.50 bits per heavy atom. The first-order chi connectivity index (χ1) is 11.3. The minimum absolute atomic E-state index is 0.181. The summed E-state index contributed by atoms with van der Waals surface area (Å²) in [4.78, 5) is 8.77. The Labute approximate surface area is 142 Å². The summed E-state index contributed by atoms with van der Waals surface area (Å²) >= 11 is 0. The SMILES string of the molecule is Cn1ncc2c(N)nc(NCCc3ccc(C(C)(C)C)cc3)nc21. The predicted molar refractivity (Wildman–Crippen MR) is 98.1 cm³/mol. The third-order valence-electron chi connectivity index (χ3n) is 4.14. The van der Waals surface area contributed by atoms with E-state index in [9.17, 15) is 0 Å². The molecule has 3 N–H and O–H groups in total. The number of anilines is 2. The molecule has 0 bridgehead atoms. The first-order valence-electron chi connectivity index (χ1n) is 8.13. The number of nitrogen functional groups attached to an aromatic ring is 1. The van der Waals surface area contributed by atoms with Crippen molar-refractivity contribution in [1.29, 1.82) is 0 Å². The van der Waals surface area contributed by atoms with E-state index in [2.05, 4.69) is 65.4 Å². The zero-order valence-corrected chi connectivity index (χ0v) is 14.7. The highest BCUT2D eigenvalue weighted by Crippen LogP contribution is 2.22. The number of rotatable bonds is 4. The van der Waals surface area contributed by atoms with E-state index in [-0.39, 0.29) is 5.41 Å². The highest BCUT2D eigenvalue weighted by atomic mass is 15.3. The van der Waals surface area contributed by atoms with E-state index in [1.165, 1.54) is 11.1 Å². The molecular formula is C18H24N6. The monoisotopic (exact) mass is 324 g/mol. The van der Waals surface area contributed by atoms with Gasteiger partial charge in [0.2, 0.25) is 5.95 Å². The molecule has 2 heterocycles. The van der Waals surface area contributed by atoms with Gasteiger partial charge in [0.1, 0.15) is 5.82 Å².